The van der Waals surface area contributed by atoms with Crippen molar-refractivity contribution in [3.05, 3.63) is 53.9 Å². The van der Waals surface area contributed by atoms with Crippen LogP contribution in [0.5, 0.6) is 0 Å². The number of benzene rings is 1. The number of carbonyl (C=O) groups excluding carboxylic acids is 1. The molecule has 0 bridgehead atoms. The third-order valence-corrected chi connectivity index (χ3v) is 3.59. The fraction of sp³-hybridized carbons (Fsp3) is 0.188. The summed E-state index contributed by atoms with van der Waals surface area (Å²) in [7, 11) is 0. The molecule has 1 amide bonds. The molecule has 1 aromatic carbocycles. The molecule has 0 saturated heterocycles. The maximum absolute atomic E-state index is 12.0. The van der Waals surface area contributed by atoms with Gasteiger partial charge in [-0.3, -0.25) is 4.79 Å². The molecule has 22 heavy (non-hydrogen) atoms. The highest BCUT2D eigenvalue weighted by atomic mass is 32.1. The summed E-state index contributed by atoms with van der Waals surface area (Å²) in [5.41, 5.74) is 3.06. The van der Waals surface area contributed by atoms with Crippen LogP contribution in [0.2, 0.25) is 0 Å². The minimum absolute atomic E-state index is 0.143. The Bertz CT molecular complexity index is 814. The lowest BCUT2D eigenvalue weighted by Gasteiger charge is -2.04. The quantitative estimate of drug-likeness (QED) is 0.727. The molecule has 1 N–H and O–H groups in total. The summed E-state index contributed by atoms with van der Waals surface area (Å²) >= 11 is 4.08. The molecule has 0 atom stereocenters. The number of carbonyl (C=O) groups is 1. The van der Waals surface area contributed by atoms with Gasteiger partial charge in [-0.05, 0) is 25.1 Å². The van der Waals surface area contributed by atoms with Crippen LogP contribution in [0.3, 0.4) is 0 Å². The molecule has 0 saturated carbocycles. The van der Waals surface area contributed by atoms with Crippen molar-refractivity contribution >= 4 is 29.6 Å². The minimum atomic E-state index is -0.143. The Balaban J connectivity index is 2.04. The van der Waals surface area contributed by atoms with Gasteiger partial charge in [-0.1, -0.05) is 18.2 Å². The number of rotatable bonds is 4. The van der Waals surface area contributed by atoms with Gasteiger partial charge >= 0.3 is 0 Å². The van der Waals surface area contributed by atoms with E-state index in [4.69, 9.17) is 0 Å². The average Bonchev–Trinajstić information content (AvgIpc) is 2.90. The van der Waals surface area contributed by atoms with E-state index in [1.807, 2.05) is 43.3 Å². The van der Waals surface area contributed by atoms with E-state index in [1.54, 1.807) is 10.9 Å². The summed E-state index contributed by atoms with van der Waals surface area (Å²) in [6.07, 6.45) is 1.58. The number of nitrogens with zero attached hydrogens (tertiary/aromatic N) is 3. The zero-order valence-corrected chi connectivity index (χ0v) is 13.0. The first kappa shape index (κ1) is 14.6. The van der Waals surface area contributed by atoms with Crippen LogP contribution in [0, 0.1) is 6.92 Å². The maximum Gasteiger partial charge on any atom is 0.252 e. The topological polar surface area (TPSA) is 59.8 Å². The summed E-state index contributed by atoms with van der Waals surface area (Å²) in [5, 5.41) is 8.20. The number of para-hydroxylation sites is 1. The number of pyridine rings is 1. The molecule has 0 radical (unpaired) electrons. The van der Waals surface area contributed by atoms with Crippen LogP contribution in [0.25, 0.3) is 16.7 Å². The van der Waals surface area contributed by atoms with Crippen LogP contribution in [0.15, 0.2) is 42.6 Å². The Kier molecular flexibility index (Phi) is 4.11. The van der Waals surface area contributed by atoms with Gasteiger partial charge in [0.15, 0.2) is 5.65 Å². The summed E-state index contributed by atoms with van der Waals surface area (Å²) in [6, 6.07) is 11.6. The van der Waals surface area contributed by atoms with Crippen molar-refractivity contribution in [2.24, 2.45) is 0 Å². The van der Waals surface area contributed by atoms with Gasteiger partial charge in [0, 0.05) is 23.9 Å². The van der Waals surface area contributed by atoms with Crippen molar-refractivity contribution in [2.45, 2.75) is 6.92 Å². The molecule has 112 valence electrons. The largest absolute Gasteiger partial charge is 0.351 e. The fourth-order valence-corrected chi connectivity index (χ4v) is 2.40. The molecule has 3 rings (SSSR count). The number of aryl methyl sites for hydroxylation is 1. The van der Waals surface area contributed by atoms with Gasteiger partial charge in [-0.25, -0.2) is 9.67 Å². The maximum atomic E-state index is 12.0. The predicted octanol–water partition coefficient (Wildman–Crippen LogP) is 2.39. The number of hydrogen-bond donors (Lipinski definition) is 2. The highest BCUT2D eigenvalue weighted by Crippen LogP contribution is 2.20. The van der Waals surface area contributed by atoms with Crippen molar-refractivity contribution in [1.29, 1.82) is 0 Å². The summed E-state index contributed by atoms with van der Waals surface area (Å²) in [4.78, 5) is 16.5. The van der Waals surface area contributed by atoms with Crippen LogP contribution in [0.4, 0.5) is 0 Å². The van der Waals surface area contributed by atoms with Crippen LogP contribution in [0.1, 0.15) is 16.1 Å². The lowest BCUT2D eigenvalue weighted by molar-refractivity contribution is 0.0956. The second-order valence-corrected chi connectivity index (χ2v) is 5.35. The van der Waals surface area contributed by atoms with Gasteiger partial charge in [-0.15, -0.1) is 0 Å². The molecule has 0 aliphatic heterocycles. The van der Waals surface area contributed by atoms with Crippen molar-refractivity contribution in [3.8, 4) is 5.69 Å². The van der Waals surface area contributed by atoms with E-state index in [0.717, 1.165) is 22.4 Å². The Morgan fingerprint density at radius 2 is 2.09 bits per heavy atom. The minimum Gasteiger partial charge on any atom is -0.351 e. The van der Waals surface area contributed by atoms with Crippen molar-refractivity contribution in [2.75, 3.05) is 12.3 Å². The molecule has 0 fully saturated rings. The van der Waals surface area contributed by atoms with Gasteiger partial charge in [0.25, 0.3) is 5.91 Å². The zero-order chi connectivity index (χ0) is 15.5. The summed E-state index contributed by atoms with van der Waals surface area (Å²) < 4.78 is 1.79. The van der Waals surface area contributed by atoms with Crippen LogP contribution < -0.4 is 5.32 Å². The molecule has 0 spiro atoms. The monoisotopic (exact) mass is 312 g/mol. The van der Waals surface area contributed by atoms with Gasteiger partial charge < -0.3 is 5.32 Å². The Labute approximate surface area is 133 Å². The highest BCUT2D eigenvalue weighted by molar-refractivity contribution is 7.80. The van der Waals surface area contributed by atoms with Gasteiger partial charge in [0.1, 0.15) is 0 Å². The number of hydrogen-bond acceptors (Lipinski definition) is 4. The molecular weight excluding hydrogens is 296 g/mol. The molecule has 2 aromatic heterocycles. The fourth-order valence-electron chi connectivity index (χ4n) is 2.29. The Morgan fingerprint density at radius 3 is 2.82 bits per heavy atom. The van der Waals surface area contributed by atoms with Crippen molar-refractivity contribution < 1.29 is 4.79 Å². The van der Waals surface area contributed by atoms with E-state index in [1.165, 1.54) is 0 Å². The van der Waals surface area contributed by atoms with Crippen molar-refractivity contribution in [3.63, 3.8) is 0 Å². The summed E-state index contributed by atoms with van der Waals surface area (Å²) in [6.45, 7) is 2.45. The van der Waals surface area contributed by atoms with E-state index in [0.29, 0.717) is 17.9 Å². The van der Waals surface area contributed by atoms with E-state index in [9.17, 15) is 4.79 Å². The standard InChI is InChI=1S/C16H16N4OS/c1-11-14-9-12(16(21)17-7-8-22)10-18-15(14)20(19-11)13-5-3-2-4-6-13/h2-6,9-10,22H,7-8H2,1H3,(H,17,21). The molecule has 0 unspecified atom stereocenters. The Hall–Kier alpha value is -2.34. The van der Waals surface area contributed by atoms with E-state index < -0.39 is 0 Å². The normalized spacial score (nSPS) is 10.8. The molecule has 5 nitrogen and oxygen atoms in total. The Morgan fingerprint density at radius 1 is 1.32 bits per heavy atom. The van der Waals surface area contributed by atoms with Gasteiger partial charge in [0.05, 0.1) is 16.9 Å². The third-order valence-electron chi connectivity index (χ3n) is 3.37. The smallest absolute Gasteiger partial charge is 0.252 e. The number of aromatic nitrogens is 3. The number of nitrogens with one attached hydrogen (secondary N) is 1. The van der Waals surface area contributed by atoms with E-state index in [-0.39, 0.29) is 5.91 Å². The SMILES string of the molecule is Cc1nn(-c2ccccc2)c2ncc(C(=O)NCCS)cc12. The molecule has 0 aliphatic rings. The molecule has 2 heterocycles. The first-order valence-corrected chi connectivity index (χ1v) is 7.64. The van der Waals surface area contributed by atoms with Crippen LogP contribution >= 0.6 is 12.6 Å². The number of fused-ring (bicyclic) bond motifs is 1. The molecule has 0 aliphatic carbocycles. The third kappa shape index (κ3) is 2.69. The second kappa shape index (κ2) is 6.19. The molecular formula is C16H16N4OS. The second-order valence-electron chi connectivity index (χ2n) is 4.91. The molecule has 6 heteroatoms. The molecule has 3 aromatic rings. The van der Waals surface area contributed by atoms with Crippen molar-refractivity contribution in [1.82, 2.24) is 20.1 Å². The highest BCUT2D eigenvalue weighted by Gasteiger charge is 2.13. The van der Waals surface area contributed by atoms with E-state index >= 15 is 0 Å². The lowest BCUT2D eigenvalue weighted by Crippen LogP contribution is -2.25. The lowest BCUT2D eigenvalue weighted by atomic mass is 10.2. The van der Waals surface area contributed by atoms with Crippen LogP contribution in [-0.4, -0.2) is 33.0 Å². The zero-order valence-electron chi connectivity index (χ0n) is 12.2. The number of amides is 1. The van der Waals surface area contributed by atoms with Gasteiger partial charge in [0.2, 0.25) is 0 Å². The first-order valence-electron chi connectivity index (χ1n) is 7.00. The van der Waals surface area contributed by atoms with Gasteiger partial charge in [-0.2, -0.15) is 17.7 Å². The first-order chi connectivity index (χ1) is 10.7. The predicted molar refractivity (Wildman–Crippen MR) is 89.8 cm³/mol. The number of thiol groups is 1. The average molecular weight is 312 g/mol. The summed E-state index contributed by atoms with van der Waals surface area (Å²) in [5.74, 6) is 0.460. The van der Waals surface area contributed by atoms with E-state index in [2.05, 4.69) is 28.0 Å². The van der Waals surface area contributed by atoms with Crippen LogP contribution in [-0.2, 0) is 0 Å².